The number of rotatable bonds is 5. The first-order valence-corrected chi connectivity index (χ1v) is 8.68. The maximum atomic E-state index is 6.59. The molecule has 4 aliphatic carbocycles. The highest BCUT2D eigenvalue weighted by Gasteiger charge is 2.53. The molecule has 3 heteroatoms. The molecule has 3 nitrogen and oxygen atoms in total. The Hall–Kier alpha value is -0.120. The minimum absolute atomic E-state index is 0.248. The van der Waals surface area contributed by atoms with Gasteiger partial charge < -0.3 is 15.2 Å². The quantitative estimate of drug-likeness (QED) is 0.841. The minimum Gasteiger partial charge on any atom is -0.377 e. The smallest absolute Gasteiger partial charge is 0.0809 e. The second kappa shape index (κ2) is 5.26. The highest BCUT2D eigenvalue weighted by molar-refractivity contribution is 5.05. The summed E-state index contributed by atoms with van der Waals surface area (Å²) in [4.78, 5) is 0. The van der Waals surface area contributed by atoms with Gasteiger partial charge in [-0.3, -0.25) is 0 Å². The van der Waals surface area contributed by atoms with E-state index in [4.69, 9.17) is 15.2 Å². The van der Waals surface area contributed by atoms with E-state index in [0.29, 0.717) is 11.5 Å². The Morgan fingerprint density at radius 3 is 2.30 bits per heavy atom. The minimum atomic E-state index is 0.248. The lowest BCUT2D eigenvalue weighted by Crippen LogP contribution is -2.56. The molecule has 0 spiro atoms. The van der Waals surface area contributed by atoms with E-state index >= 15 is 0 Å². The Kier molecular flexibility index (Phi) is 3.56. The van der Waals surface area contributed by atoms with Gasteiger partial charge in [-0.2, -0.15) is 0 Å². The lowest BCUT2D eigenvalue weighted by molar-refractivity contribution is -0.0856. The van der Waals surface area contributed by atoms with Crippen molar-refractivity contribution in [3.05, 3.63) is 0 Å². The summed E-state index contributed by atoms with van der Waals surface area (Å²) in [7, 11) is 0. The van der Waals surface area contributed by atoms with E-state index < -0.39 is 0 Å². The first-order valence-electron chi connectivity index (χ1n) is 8.68. The van der Waals surface area contributed by atoms with Gasteiger partial charge >= 0.3 is 0 Å². The van der Waals surface area contributed by atoms with Gasteiger partial charge in [0, 0.05) is 12.6 Å². The van der Waals surface area contributed by atoms with Crippen molar-refractivity contribution in [3.63, 3.8) is 0 Å². The van der Waals surface area contributed by atoms with Gasteiger partial charge in [-0.25, -0.2) is 0 Å². The van der Waals surface area contributed by atoms with Gasteiger partial charge in [-0.05, 0) is 74.5 Å². The molecule has 5 rings (SSSR count). The Morgan fingerprint density at radius 1 is 1.10 bits per heavy atom. The van der Waals surface area contributed by atoms with Gasteiger partial charge in [0.2, 0.25) is 0 Å². The zero-order valence-electron chi connectivity index (χ0n) is 12.6. The first-order chi connectivity index (χ1) is 9.73. The highest BCUT2D eigenvalue weighted by Crippen LogP contribution is 2.60. The third kappa shape index (κ3) is 2.42. The molecule has 0 aromatic rings. The van der Waals surface area contributed by atoms with Crippen molar-refractivity contribution < 1.29 is 9.47 Å². The van der Waals surface area contributed by atoms with Crippen LogP contribution in [0.25, 0.3) is 0 Å². The largest absolute Gasteiger partial charge is 0.377 e. The fraction of sp³-hybridized carbons (Fsp3) is 1.00. The Bertz CT molecular complexity index is 316. The third-order valence-electron chi connectivity index (χ3n) is 6.50. The van der Waals surface area contributed by atoms with Crippen LogP contribution in [-0.4, -0.2) is 32.0 Å². The van der Waals surface area contributed by atoms with Crippen LogP contribution in [-0.2, 0) is 9.47 Å². The lowest BCUT2D eigenvalue weighted by Gasteiger charge is -2.58. The van der Waals surface area contributed by atoms with Crippen LogP contribution in [0.5, 0.6) is 0 Å². The summed E-state index contributed by atoms with van der Waals surface area (Å²) in [5.41, 5.74) is 7.01. The van der Waals surface area contributed by atoms with Gasteiger partial charge in [-0.1, -0.05) is 0 Å². The fourth-order valence-electron chi connectivity index (χ4n) is 5.91. The monoisotopic (exact) mass is 279 g/mol. The molecule has 0 aromatic heterocycles. The van der Waals surface area contributed by atoms with Crippen LogP contribution in [0.15, 0.2) is 0 Å². The summed E-state index contributed by atoms with van der Waals surface area (Å²) in [6.07, 6.45) is 11.3. The standard InChI is InChI=1S/C17H29NO2/c18-16(11-19-10-15-2-1-3-20-15)17-7-12-4-13(8-17)6-14(5-12)9-17/h12-16H,1-11,18H2. The summed E-state index contributed by atoms with van der Waals surface area (Å²) in [6.45, 7) is 2.40. The number of ether oxygens (including phenoxy) is 2. The molecule has 5 fully saturated rings. The summed E-state index contributed by atoms with van der Waals surface area (Å²) >= 11 is 0. The molecule has 0 amide bonds. The van der Waals surface area contributed by atoms with Gasteiger partial charge in [0.15, 0.2) is 0 Å². The van der Waals surface area contributed by atoms with E-state index in [1.54, 1.807) is 0 Å². The van der Waals surface area contributed by atoms with E-state index in [2.05, 4.69) is 0 Å². The average Bonchev–Trinajstić information content (AvgIpc) is 2.90. The molecular weight excluding hydrogens is 250 g/mol. The van der Waals surface area contributed by atoms with Crippen molar-refractivity contribution in [2.45, 2.75) is 63.5 Å². The topological polar surface area (TPSA) is 44.5 Å². The predicted octanol–water partition coefficient (Wildman–Crippen LogP) is 2.73. The van der Waals surface area contributed by atoms with Crippen LogP contribution in [0.2, 0.25) is 0 Å². The summed E-state index contributed by atoms with van der Waals surface area (Å²) in [5.74, 6) is 2.93. The summed E-state index contributed by atoms with van der Waals surface area (Å²) in [5, 5.41) is 0. The number of nitrogens with two attached hydrogens (primary N) is 1. The average molecular weight is 279 g/mol. The molecule has 5 aliphatic rings. The molecular formula is C17H29NO2. The van der Waals surface area contributed by atoms with E-state index in [-0.39, 0.29) is 6.04 Å². The van der Waals surface area contributed by atoms with Crippen molar-refractivity contribution in [2.75, 3.05) is 19.8 Å². The molecule has 1 saturated heterocycles. The van der Waals surface area contributed by atoms with Crippen molar-refractivity contribution >= 4 is 0 Å². The SMILES string of the molecule is NC(COCC1CCCO1)C12CC3CC(CC(C3)C1)C2. The van der Waals surface area contributed by atoms with Crippen LogP contribution >= 0.6 is 0 Å². The maximum absolute atomic E-state index is 6.59. The first kappa shape index (κ1) is 13.5. The molecule has 2 N–H and O–H groups in total. The zero-order valence-corrected chi connectivity index (χ0v) is 12.6. The second-order valence-corrected chi connectivity index (χ2v) is 8.06. The molecule has 4 saturated carbocycles. The van der Waals surface area contributed by atoms with Gasteiger partial charge in [0.05, 0.1) is 19.3 Å². The Morgan fingerprint density at radius 2 is 1.75 bits per heavy atom. The van der Waals surface area contributed by atoms with Crippen molar-refractivity contribution in [3.8, 4) is 0 Å². The van der Waals surface area contributed by atoms with E-state index in [1.165, 1.54) is 44.9 Å². The van der Waals surface area contributed by atoms with Crippen LogP contribution < -0.4 is 5.73 Å². The van der Waals surface area contributed by atoms with Crippen LogP contribution in [0.4, 0.5) is 0 Å². The number of hydrogen-bond donors (Lipinski definition) is 1. The summed E-state index contributed by atoms with van der Waals surface area (Å²) in [6, 6.07) is 0.248. The van der Waals surface area contributed by atoms with Gasteiger partial charge in [0.25, 0.3) is 0 Å². The molecule has 2 atom stereocenters. The molecule has 1 heterocycles. The third-order valence-corrected chi connectivity index (χ3v) is 6.50. The van der Waals surface area contributed by atoms with Gasteiger partial charge in [0.1, 0.15) is 0 Å². The Labute approximate surface area is 122 Å². The molecule has 114 valence electrons. The van der Waals surface area contributed by atoms with Crippen molar-refractivity contribution in [2.24, 2.45) is 28.9 Å². The van der Waals surface area contributed by atoms with Crippen LogP contribution in [0.3, 0.4) is 0 Å². The van der Waals surface area contributed by atoms with Crippen molar-refractivity contribution in [1.82, 2.24) is 0 Å². The van der Waals surface area contributed by atoms with E-state index in [9.17, 15) is 0 Å². The predicted molar refractivity (Wildman–Crippen MR) is 78.4 cm³/mol. The molecule has 0 radical (unpaired) electrons. The molecule has 20 heavy (non-hydrogen) atoms. The second-order valence-electron chi connectivity index (χ2n) is 8.06. The normalized spacial score (nSPS) is 47.9. The number of hydrogen-bond acceptors (Lipinski definition) is 3. The highest BCUT2D eigenvalue weighted by atomic mass is 16.5. The fourth-order valence-corrected chi connectivity index (χ4v) is 5.91. The van der Waals surface area contributed by atoms with E-state index in [0.717, 1.165) is 44.0 Å². The maximum Gasteiger partial charge on any atom is 0.0809 e. The zero-order chi connectivity index (χ0) is 13.6. The Balaban J connectivity index is 1.32. The lowest BCUT2D eigenvalue weighted by atomic mass is 9.48. The molecule has 0 aromatic carbocycles. The summed E-state index contributed by atoms with van der Waals surface area (Å²) < 4.78 is 11.5. The van der Waals surface area contributed by atoms with E-state index in [1.807, 2.05) is 0 Å². The van der Waals surface area contributed by atoms with Crippen molar-refractivity contribution in [1.29, 1.82) is 0 Å². The van der Waals surface area contributed by atoms with Gasteiger partial charge in [-0.15, -0.1) is 0 Å². The molecule has 4 bridgehead atoms. The van der Waals surface area contributed by atoms with Crippen LogP contribution in [0.1, 0.15) is 51.4 Å². The molecule has 2 unspecified atom stereocenters. The molecule has 1 aliphatic heterocycles. The van der Waals surface area contributed by atoms with Crippen LogP contribution in [0, 0.1) is 23.2 Å².